The van der Waals surface area contributed by atoms with Crippen LogP contribution in [0.1, 0.15) is 5.56 Å². The van der Waals surface area contributed by atoms with Gasteiger partial charge < -0.3 is 10.5 Å². The molecule has 0 spiro atoms. The summed E-state index contributed by atoms with van der Waals surface area (Å²) in [5.74, 6) is 0.387. The zero-order valence-electron chi connectivity index (χ0n) is 8.69. The van der Waals surface area contributed by atoms with Gasteiger partial charge in [-0.2, -0.15) is 0 Å². The van der Waals surface area contributed by atoms with Crippen molar-refractivity contribution in [3.63, 3.8) is 0 Å². The quantitative estimate of drug-likeness (QED) is 0.802. The number of anilines is 1. The molecule has 0 saturated carbocycles. The molecule has 0 aliphatic heterocycles. The molecule has 0 amide bonds. The summed E-state index contributed by atoms with van der Waals surface area (Å²) in [4.78, 5) is 0. The molecule has 2 nitrogen and oxygen atoms in total. The summed E-state index contributed by atoms with van der Waals surface area (Å²) in [6.45, 7) is 0.450. The third-order valence-corrected chi connectivity index (χ3v) is 2.20. The Morgan fingerprint density at radius 2 is 1.56 bits per heavy atom. The molecule has 0 atom stereocenters. The van der Waals surface area contributed by atoms with Gasteiger partial charge in [-0.1, -0.05) is 12.1 Å². The Labute approximate surface area is 93.5 Å². The second-order valence-corrected chi connectivity index (χ2v) is 3.48. The van der Waals surface area contributed by atoms with E-state index in [1.165, 1.54) is 12.1 Å². The van der Waals surface area contributed by atoms with Crippen LogP contribution in [0, 0.1) is 5.82 Å². The maximum absolute atomic E-state index is 12.6. The Hall–Kier alpha value is -2.03. The Kier molecular flexibility index (Phi) is 3.05. The van der Waals surface area contributed by atoms with E-state index in [2.05, 4.69) is 0 Å². The molecule has 0 radical (unpaired) electrons. The number of nitrogens with two attached hydrogens (primary N) is 1. The van der Waals surface area contributed by atoms with Crippen molar-refractivity contribution in [1.82, 2.24) is 0 Å². The summed E-state index contributed by atoms with van der Waals surface area (Å²) >= 11 is 0. The van der Waals surface area contributed by atoms with Gasteiger partial charge in [0.2, 0.25) is 0 Å². The first-order chi connectivity index (χ1) is 7.74. The zero-order chi connectivity index (χ0) is 11.4. The van der Waals surface area contributed by atoms with E-state index in [4.69, 9.17) is 10.5 Å². The van der Waals surface area contributed by atoms with E-state index in [0.29, 0.717) is 12.4 Å². The van der Waals surface area contributed by atoms with Crippen LogP contribution in [0.5, 0.6) is 5.75 Å². The summed E-state index contributed by atoms with van der Waals surface area (Å²) in [6.07, 6.45) is 0. The molecular weight excluding hydrogens is 205 g/mol. The first-order valence-corrected chi connectivity index (χ1v) is 4.97. The Morgan fingerprint density at radius 1 is 0.938 bits per heavy atom. The van der Waals surface area contributed by atoms with Gasteiger partial charge in [-0.3, -0.25) is 0 Å². The molecule has 2 N–H and O–H groups in total. The fourth-order valence-electron chi connectivity index (χ4n) is 1.31. The van der Waals surface area contributed by atoms with Crippen molar-refractivity contribution in [1.29, 1.82) is 0 Å². The van der Waals surface area contributed by atoms with Crippen molar-refractivity contribution in [3.8, 4) is 5.75 Å². The Balaban J connectivity index is 1.97. The molecule has 0 unspecified atom stereocenters. The average molecular weight is 217 g/mol. The van der Waals surface area contributed by atoms with Crippen LogP contribution in [0.25, 0.3) is 0 Å². The SMILES string of the molecule is Nc1ccc(COc2ccc(F)cc2)cc1. The van der Waals surface area contributed by atoms with Gasteiger partial charge in [-0.25, -0.2) is 4.39 Å². The van der Waals surface area contributed by atoms with Crippen LogP contribution in [0.2, 0.25) is 0 Å². The highest BCUT2D eigenvalue weighted by Crippen LogP contribution is 2.14. The normalized spacial score (nSPS) is 10.1. The molecule has 3 heteroatoms. The molecule has 0 heterocycles. The van der Waals surface area contributed by atoms with E-state index in [-0.39, 0.29) is 5.82 Å². The molecular formula is C13H12FNO. The highest BCUT2D eigenvalue weighted by Gasteiger charge is 1.96. The molecule has 0 saturated heterocycles. The van der Waals surface area contributed by atoms with Crippen LogP contribution in [0.3, 0.4) is 0 Å². The number of halogens is 1. The summed E-state index contributed by atoms with van der Waals surface area (Å²) < 4.78 is 18.1. The molecule has 16 heavy (non-hydrogen) atoms. The van der Waals surface area contributed by atoms with Crippen LogP contribution >= 0.6 is 0 Å². The summed E-state index contributed by atoms with van der Waals surface area (Å²) in [6, 6.07) is 13.4. The van der Waals surface area contributed by atoms with E-state index >= 15 is 0 Å². The molecule has 2 aromatic carbocycles. The van der Waals surface area contributed by atoms with Crippen molar-refractivity contribution in [2.75, 3.05) is 5.73 Å². The van der Waals surface area contributed by atoms with Gasteiger partial charge in [-0.15, -0.1) is 0 Å². The first-order valence-electron chi connectivity index (χ1n) is 4.97. The highest BCUT2D eigenvalue weighted by molar-refractivity contribution is 5.39. The van der Waals surface area contributed by atoms with Crippen molar-refractivity contribution in [3.05, 3.63) is 59.9 Å². The number of nitrogen functional groups attached to an aromatic ring is 1. The monoisotopic (exact) mass is 217 g/mol. The van der Waals surface area contributed by atoms with Gasteiger partial charge >= 0.3 is 0 Å². The Bertz CT molecular complexity index is 405. The summed E-state index contributed by atoms with van der Waals surface area (Å²) in [7, 11) is 0. The number of ether oxygens (including phenoxy) is 1. The predicted octanol–water partition coefficient (Wildman–Crippen LogP) is 2.99. The molecule has 2 aromatic rings. The lowest BCUT2D eigenvalue weighted by atomic mass is 10.2. The third kappa shape index (κ3) is 2.73. The van der Waals surface area contributed by atoms with Crippen LogP contribution in [-0.4, -0.2) is 0 Å². The van der Waals surface area contributed by atoms with E-state index in [1.54, 1.807) is 12.1 Å². The smallest absolute Gasteiger partial charge is 0.123 e. The van der Waals surface area contributed by atoms with Gasteiger partial charge in [0.15, 0.2) is 0 Å². The van der Waals surface area contributed by atoms with Crippen molar-refractivity contribution in [2.24, 2.45) is 0 Å². The second kappa shape index (κ2) is 4.66. The largest absolute Gasteiger partial charge is 0.489 e. The molecule has 0 aromatic heterocycles. The van der Waals surface area contributed by atoms with Gasteiger partial charge in [0.05, 0.1) is 0 Å². The summed E-state index contributed by atoms with van der Waals surface area (Å²) in [5.41, 5.74) is 7.32. The number of rotatable bonds is 3. The summed E-state index contributed by atoms with van der Waals surface area (Å²) in [5, 5.41) is 0. The van der Waals surface area contributed by atoms with Crippen LogP contribution in [0.4, 0.5) is 10.1 Å². The van der Waals surface area contributed by atoms with Crippen LogP contribution in [0.15, 0.2) is 48.5 Å². The van der Waals surface area contributed by atoms with Gasteiger partial charge in [-0.05, 0) is 42.0 Å². The minimum absolute atomic E-state index is 0.264. The lowest BCUT2D eigenvalue weighted by molar-refractivity contribution is 0.306. The maximum atomic E-state index is 12.6. The average Bonchev–Trinajstić information content (AvgIpc) is 2.30. The van der Waals surface area contributed by atoms with E-state index in [9.17, 15) is 4.39 Å². The van der Waals surface area contributed by atoms with Crippen LogP contribution < -0.4 is 10.5 Å². The molecule has 0 bridgehead atoms. The minimum atomic E-state index is -0.264. The highest BCUT2D eigenvalue weighted by atomic mass is 19.1. The van der Waals surface area contributed by atoms with Crippen LogP contribution in [-0.2, 0) is 6.61 Å². The Morgan fingerprint density at radius 3 is 2.19 bits per heavy atom. The van der Waals surface area contributed by atoms with Gasteiger partial charge in [0, 0.05) is 5.69 Å². The standard InChI is InChI=1S/C13H12FNO/c14-11-3-7-13(8-4-11)16-9-10-1-5-12(15)6-2-10/h1-8H,9,15H2. The fourth-order valence-corrected chi connectivity index (χ4v) is 1.31. The number of benzene rings is 2. The topological polar surface area (TPSA) is 35.2 Å². The minimum Gasteiger partial charge on any atom is -0.489 e. The molecule has 0 aliphatic rings. The predicted molar refractivity (Wildman–Crippen MR) is 61.6 cm³/mol. The number of hydrogen-bond donors (Lipinski definition) is 1. The van der Waals surface area contributed by atoms with Gasteiger partial charge in [0.25, 0.3) is 0 Å². The van der Waals surface area contributed by atoms with Crippen molar-refractivity contribution in [2.45, 2.75) is 6.61 Å². The first kappa shape index (κ1) is 10.5. The lowest BCUT2D eigenvalue weighted by Gasteiger charge is -2.06. The van der Waals surface area contributed by atoms with Gasteiger partial charge in [0.1, 0.15) is 18.2 Å². The lowest BCUT2D eigenvalue weighted by Crippen LogP contribution is -1.95. The fraction of sp³-hybridized carbons (Fsp3) is 0.0769. The molecule has 0 fully saturated rings. The maximum Gasteiger partial charge on any atom is 0.123 e. The van der Waals surface area contributed by atoms with Crippen molar-refractivity contribution < 1.29 is 9.13 Å². The van der Waals surface area contributed by atoms with Crippen molar-refractivity contribution >= 4 is 5.69 Å². The zero-order valence-corrected chi connectivity index (χ0v) is 8.69. The van der Waals surface area contributed by atoms with E-state index in [1.807, 2.05) is 24.3 Å². The van der Waals surface area contributed by atoms with E-state index in [0.717, 1.165) is 11.3 Å². The number of hydrogen-bond acceptors (Lipinski definition) is 2. The second-order valence-electron chi connectivity index (χ2n) is 3.48. The third-order valence-electron chi connectivity index (χ3n) is 2.20. The molecule has 82 valence electrons. The molecule has 2 rings (SSSR count). The van der Waals surface area contributed by atoms with E-state index < -0.39 is 0 Å². The molecule has 0 aliphatic carbocycles.